The summed E-state index contributed by atoms with van der Waals surface area (Å²) in [6.07, 6.45) is -0.393. The van der Waals surface area contributed by atoms with Crippen LogP contribution in [0.15, 0.2) is 10.7 Å². The molecule has 1 rings (SSSR count). The topological polar surface area (TPSA) is 78.1 Å². The molecule has 0 amide bonds. The lowest BCUT2D eigenvalue weighted by Crippen LogP contribution is -2.16. The fourth-order valence-corrected chi connectivity index (χ4v) is 1.01. The maximum atomic E-state index is 11.3. The molecule has 1 aromatic heterocycles. The zero-order valence-electron chi connectivity index (χ0n) is 10.2. The van der Waals surface area contributed by atoms with Crippen LogP contribution in [0.2, 0.25) is 0 Å². The highest BCUT2D eigenvalue weighted by molar-refractivity contribution is 5.66. The summed E-state index contributed by atoms with van der Waals surface area (Å²) >= 11 is 0. The van der Waals surface area contributed by atoms with Gasteiger partial charge in [0.25, 0.3) is 5.75 Å². The Morgan fingerprint density at radius 3 is 2.47 bits per heavy atom. The molecule has 0 unspecified atom stereocenters. The van der Waals surface area contributed by atoms with Gasteiger partial charge in [0.2, 0.25) is 5.75 Å². The highest BCUT2D eigenvalue weighted by Gasteiger charge is 2.22. The molecule has 0 radical (unpaired) electrons. The van der Waals surface area contributed by atoms with E-state index in [4.69, 9.17) is 18.6 Å². The lowest BCUT2D eigenvalue weighted by molar-refractivity contribution is 0.0689. The number of carbonyl (C=O) groups is 1. The second-order valence-corrected chi connectivity index (χ2v) is 3.92. The molecule has 0 aromatic carbocycles. The zero-order valence-corrected chi connectivity index (χ0v) is 10.2. The molecule has 96 valence electrons. The van der Waals surface area contributed by atoms with Crippen LogP contribution in [0.3, 0.4) is 0 Å². The van der Waals surface area contributed by atoms with Gasteiger partial charge in [-0.2, -0.15) is 0 Å². The molecular formula is C11H16O6. The molecule has 0 aliphatic rings. The average Bonchev–Trinajstić information content (AvgIpc) is 2.47. The van der Waals surface area contributed by atoms with Gasteiger partial charge in [0.05, 0.1) is 12.2 Å². The second kappa shape index (κ2) is 5.47. The average molecular weight is 244 g/mol. The summed E-state index contributed by atoms with van der Waals surface area (Å²) in [4.78, 5) is 11.3. The third kappa shape index (κ3) is 3.90. The molecule has 17 heavy (non-hydrogen) atoms. The number of rotatable bonds is 4. The maximum absolute atomic E-state index is 11.3. The van der Waals surface area contributed by atoms with Gasteiger partial charge in [-0.15, -0.1) is 0 Å². The van der Waals surface area contributed by atoms with Crippen molar-refractivity contribution in [3.05, 3.63) is 6.26 Å². The minimum Gasteiger partial charge on any atom is -0.502 e. The first-order valence-corrected chi connectivity index (χ1v) is 5.25. The molecule has 0 spiro atoms. The predicted octanol–water partition coefficient (Wildman–Crippen LogP) is 2.70. The molecule has 0 aliphatic heterocycles. The molecule has 0 saturated carbocycles. The van der Waals surface area contributed by atoms with Crippen molar-refractivity contribution in [1.29, 1.82) is 0 Å². The Morgan fingerprint density at radius 2 is 1.94 bits per heavy atom. The van der Waals surface area contributed by atoms with Crippen LogP contribution in [-0.4, -0.2) is 23.5 Å². The Morgan fingerprint density at radius 1 is 1.29 bits per heavy atom. The summed E-state index contributed by atoms with van der Waals surface area (Å²) in [5.74, 6) is -0.552. The van der Waals surface area contributed by atoms with Crippen molar-refractivity contribution in [3.8, 4) is 17.4 Å². The predicted molar refractivity (Wildman–Crippen MR) is 58.4 cm³/mol. The molecule has 0 saturated heterocycles. The monoisotopic (exact) mass is 244 g/mol. The summed E-state index contributed by atoms with van der Waals surface area (Å²) in [5.41, 5.74) is 0. The van der Waals surface area contributed by atoms with Crippen LogP contribution >= 0.6 is 0 Å². The number of hydrogen-bond acceptors (Lipinski definition) is 6. The first-order chi connectivity index (χ1) is 7.90. The Hall–Kier alpha value is -1.85. The summed E-state index contributed by atoms with van der Waals surface area (Å²) in [7, 11) is 0. The van der Waals surface area contributed by atoms with Crippen LogP contribution in [0, 0.1) is 0 Å². The van der Waals surface area contributed by atoms with E-state index in [2.05, 4.69) is 0 Å². The van der Waals surface area contributed by atoms with Crippen molar-refractivity contribution in [2.75, 3.05) is 0 Å². The van der Waals surface area contributed by atoms with Crippen LogP contribution in [0.1, 0.15) is 27.7 Å². The molecule has 0 atom stereocenters. The fourth-order valence-electron chi connectivity index (χ4n) is 1.01. The van der Waals surface area contributed by atoms with E-state index in [-0.39, 0.29) is 29.7 Å². The SMILES string of the molecule is CC(C)OC(=O)Oc1c(O)coc1OC(C)C. The Bertz CT molecular complexity index is 379. The Balaban J connectivity index is 2.75. The van der Waals surface area contributed by atoms with Crippen LogP contribution in [-0.2, 0) is 4.74 Å². The minimum atomic E-state index is -0.926. The summed E-state index contributed by atoms with van der Waals surface area (Å²) in [6, 6.07) is 0. The molecule has 0 bridgehead atoms. The number of ether oxygens (including phenoxy) is 3. The van der Waals surface area contributed by atoms with Crippen LogP contribution < -0.4 is 9.47 Å². The summed E-state index contributed by atoms with van der Waals surface area (Å²) in [5, 5.41) is 9.42. The Labute approximate surface area is 99.1 Å². The summed E-state index contributed by atoms with van der Waals surface area (Å²) in [6.45, 7) is 6.91. The number of hydrogen-bond donors (Lipinski definition) is 1. The molecule has 0 fully saturated rings. The van der Waals surface area contributed by atoms with Gasteiger partial charge in [-0.05, 0) is 27.7 Å². The van der Waals surface area contributed by atoms with E-state index in [1.165, 1.54) is 0 Å². The van der Waals surface area contributed by atoms with Crippen molar-refractivity contribution in [1.82, 2.24) is 0 Å². The first-order valence-electron chi connectivity index (χ1n) is 5.25. The van der Waals surface area contributed by atoms with Crippen molar-refractivity contribution in [2.24, 2.45) is 0 Å². The quantitative estimate of drug-likeness (QED) is 0.820. The van der Waals surface area contributed by atoms with Crippen molar-refractivity contribution in [3.63, 3.8) is 0 Å². The van der Waals surface area contributed by atoms with Gasteiger partial charge in [-0.1, -0.05) is 0 Å². The molecule has 0 aliphatic carbocycles. The third-order valence-corrected chi connectivity index (χ3v) is 1.56. The van der Waals surface area contributed by atoms with E-state index >= 15 is 0 Å². The van der Waals surface area contributed by atoms with Crippen molar-refractivity contribution >= 4 is 6.16 Å². The smallest absolute Gasteiger partial charge is 0.502 e. The van der Waals surface area contributed by atoms with Gasteiger partial charge < -0.3 is 23.7 Å². The van der Waals surface area contributed by atoms with Crippen LogP contribution in [0.4, 0.5) is 4.79 Å². The van der Waals surface area contributed by atoms with Gasteiger partial charge in [0.1, 0.15) is 6.26 Å². The van der Waals surface area contributed by atoms with Crippen molar-refractivity contribution in [2.45, 2.75) is 39.9 Å². The van der Waals surface area contributed by atoms with Gasteiger partial charge in [-0.25, -0.2) is 4.79 Å². The highest BCUT2D eigenvalue weighted by Crippen LogP contribution is 2.39. The molecule has 6 heteroatoms. The fraction of sp³-hybridized carbons (Fsp3) is 0.545. The highest BCUT2D eigenvalue weighted by atomic mass is 16.7. The van der Waals surface area contributed by atoms with E-state index in [0.717, 1.165) is 6.26 Å². The third-order valence-electron chi connectivity index (χ3n) is 1.56. The van der Waals surface area contributed by atoms with E-state index in [0.29, 0.717) is 0 Å². The van der Waals surface area contributed by atoms with Gasteiger partial charge in [-0.3, -0.25) is 0 Å². The van der Waals surface area contributed by atoms with Crippen molar-refractivity contribution < 1.29 is 28.5 Å². The van der Waals surface area contributed by atoms with E-state index < -0.39 is 6.16 Å². The minimum absolute atomic E-state index is 0.0572. The first kappa shape index (κ1) is 13.2. The van der Waals surface area contributed by atoms with Gasteiger partial charge >= 0.3 is 12.1 Å². The Kier molecular flexibility index (Phi) is 4.25. The molecule has 6 nitrogen and oxygen atoms in total. The molecular weight excluding hydrogens is 228 g/mol. The lowest BCUT2D eigenvalue weighted by atomic mass is 10.4. The second-order valence-electron chi connectivity index (χ2n) is 3.92. The number of aromatic hydroxyl groups is 1. The van der Waals surface area contributed by atoms with E-state index in [1.54, 1.807) is 27.7 Å². The molecule has 1 N–H and O–H groups in total. The van der Waals surface area contributed by atoms with Crippen LogP contribution in [0.5, 0.6) is 17.4 Å². The maximum Gasteiger partial charge on any atom is 0.514 e. The summed E-state index contributed by atoms with van der Waals surface area (Å²) < 4.78 is 19.7. The van der Waals surface area contributed by atoms with Gasteiger partial charge in [0, 0.05) is 0 Å². The molecule has 1 heterocycles. The zero-order chi connectivity index (χ0) is 13.0. The van der Waals surface area contributed by atoms with Crippen LogP contribution in [0.25, 0.3) is 0 Å². The number of furan rings is 1. The largest absolute Gasteiger partial charge is 0.514 e. The van der Waals surface area contributed by atoms with E-state index in [9.17, 15) is 9.90 Å². The van der Waals surface area contributed by atoms with Gasteiger partial charge in [0.15, 0.2) is 0 Å². The number of carbonyl (C=O) groups excluding carboxylic acids is 1. The molecule has 1 aromatic rings. The normalized spacial score (nSPS) is 10.7. The lowest BCUT2D eigenvalue weighted by Gasteiger charge is -2.10. The standard InChI is InChI=1S/C11H16O6/c1-6(2)15-10-9(8(12)5-14-10)17-11(13)16-7(3)4/h5-7,12H,1-4H3. The van der Waals surface area contributed by atoms with E-state index in [1.807, 2.05) is 0 Å².